The summed E-state index contributed by atoms with van der Waals surface area (Å²) >= 11 is 0. The van der Waals surface area contributed by atoms with Gasteiger partial charge in [0.05, 0.1) is 0 Å². The Morgan fingerprint density at radius 1 is 1.30 bits per heavy atom. The van der Waals surface area contributed by atoms with Crippen LogP contribution >= 0.6 is 0 Å². The van der Waals surface area contributed by atoms with Crippen LogP contribution in [0.1, 0.15) is 5.56 Å². The first-order valence-corrected chi connectivity index (χ1v) is 3.41. The number of ether oxygens (including phenoxy) is 1. The Morgan fingerprint density at radius 2 is 2.20 bits per heavy atom. The molecule has 1 aliphatic heterocycles. The van der Waals surface area contributed by atoms with Gasteiger partial charge in [-0.3, -0.25) is 0 Å². The average Bonchev–Trinajstić information content (AvgIpc) is 2.66. The van der Waals surface area contributed by atoms with Gasteiger partial charge in [0, 0.05) is 0 Å². The minimum absolute atomic E-state index is 0.707. The normalized spacial score (nSPS) is 12.1. The predicted octanol–water partition coefficient (Wildman–Crippen LogP) is 1.29. The minimum Gasteiger partial charge on any atom is -0.450 e. The van der Waals surface area contributed by atoms with Crippen molar-refractivity contribution in [1.29, 1.82) is 0 Å². The Kier molecular flexibility index (Phi) is 1.14. The Balaban J connectivity index is 2.22. The minimum atomic E-state index is 0.707. The first kappa shape index (κ1) is 5.74. The van der Waals surface area contributed by atoms with Gasteiger partial charge in [-0.1, -0.05) is 6.07 Å². The van der Waals surface area contributed by atoms with Gasteiger partial charge in [0.2, 0.25) is 0 Å². The zero-order chi connectivity index (χ0) is 6.97. The van der Waals surface area contributed by atoms with Crippen molar-refractivity contribution in [2.24, 2.45) is 5.73 Å². The van der Waals surface area contributed by atoms with Gasteiger partial charge in [-0.05, 0) is 30.7 Å². The second-order valence-electron chi connectivity index (χ2n) is 2.42. The van der Waals surface area contributed by atoms with E-state index in [2.05, 4.69) is 6.07 Å². The summed E-state index contributed by atoms with van der Waals surface area (Å²) in [5.74, 6) is 2.03. The molecule has 2 rings (SSSR count). The molecule has 0 aromatic heterocycles. The number of rotatable bonds is 2. The number of fused-ring (bicyclic) bond motifs is 1. The van der Waals surface area contributed by atoms with Gasteiger partial charge in [0.25, 0.3) is 0 Å². The maximum absolute atomic E-state index is 5.39. The fraction of sp³-hybridized carbons (Fsp3) is 0.250. The predicted molar refractivity (Wildman–Crippen MR) is 39.3 cm³/mol. The lowest BCUT2D eigenvalue weighted by Gasteiger charge is -1.91. The summed E-state index contributed by atoms with van der Waals surface area (Å²) in [6.07, 6.45) is 0.941. The van der Waals surface area contributed by atoms with Crippen molar-refractivity contribution in [3.05, 3.63) is 23.8 Å². The van der Waals surface area contributed by atoms with Crippen molar-refractivity contribution in [3.8, 4) is 11.5 Å². The SMILES string of the molecule is NCCc1ccc2c(c1)O2. The molecule has 1 aromatic rings. The van der Waals surface area contributed by atoms with Crippen LogP contribution in [-0.4, -0.2) is 6.54 Å². The van der Waals surface area contributed by atoms with Crippen molar-refractivity contribution in [2.75, 3.05) is 6.54 Å². The first-order valence-electron chi connectivity index (χ1n) is 3.41. The number of nitrogens with two attached hydrogens (primary N) is 1. The third-order valence-electron chi connectivity index (χ3n) is 1.62. The quantitative estimate of drug-likeness (QED) is 0.630. The van der Waals surface area contributed by atoms with E-state index >= 15 is 0 Å². The van der Waals surface area contributed by atoms with Gasteiger partial charge in [0.15, 0.2) is 11.5 Å². The number of hydrogen-bond acceptors (Lipinski definition) is 2. The number of benzene rings is 1. The molecule has 0 saturated heterocycles. The van der Waals surface area contributed by atoms with E-state index in [0.29, 0.717) is 6.54 Å². The second kappa shape index (κ2) is 1.99. The van der Waals surface area contributed by atoms with Crippen LogP contribution in [0.15, 0.2) is 18.2 Å². The largest absolute Gasteiger partial charge is 0.450 e. The fourth-order valence-electron chi connectivity index (χ4n) is 1.03. The molecule has 2 N–H and O–H groups in total. The molecule has 52 valence electrons. The molecule has 1 aliphatic rings. The summed E-state index contributed by atoms with van der Waals surface area (Å²) in [6, 6.07) is 6.08. The van der Waals surface area contributed by atoms with Crippen LogP contribution in [0.2, 0.25) is 0 Å². The molecule has 1 heterocycles. The maximum Gasteiger partial charge on any atom is 0.170 e. The Bertz CT molecular complexity index is 257. The molecule has 0 radical (unpaired) electrons. The zero-order valence-corrected chi connectivity index (χ0v) is 5.63. The monoisotopic (exact) mass is 135 g/mol. The van der Waals surface area contributed by atoms with E-state index in [0.717, 1.165) is 17.9 Å². The summed E-state index contributed by atoms with van der Waals surface area (Å²) in [4.78, 5) is 0. The van der Waals surface area contributed by atoms with E-state index in [9.17, 15) is 0 Å². The van der Waals surface area contributed by atoms with Gasteiger partial charge in [-0.25, -0.2) is 0 Å². The lowest BCUT2D eigenvalue weighted by molar-refractivity contribution is 0.649. The highest BCUT2D eigenvalue weighted by atomic mass is 16.6. The summed E-state index contributed by atoms with van der Waals surface area (Å²) in [5.41, 5.74) is 6.65. The third-order valence-corrected chi connectivity index (χ3v) is 1.62. The van der Waals surface area contributed by atoms with Crippen molar-refractivity contribution < 1.29 is 4.74 Å². The van der Waals surface area contributed by atoms with E-state index in [1.54, 1.807) is 0 Å². The van der Waals surface area contributed by atoms with Crippen LogP contribution in [0.5, 0.6) is 11.5 Å². The summed E-state index contributed by atoms with van der Waals surface area (Å²) in [5, 5.41) is 0. The summed E-state index contributed by atoms with van der Waals surface area (Å²) in [6.45, 7) is 0.707. The molecule has 0 unspecified atom stereocenters. The molecule has 0 saturated carbocycles. The molecule has 0 amide bonds. The Labute approximate surface area is 59.6 Å². The molecule has 2 heteroatoms. The third kappa shape index (κ3) is 0.866. The topological polar surface area (TPSA) is 38.5 Å². The smallest absolute Gasteiger partial charge is 0.170 e. The van der Waals surface area contributed by atoms with Crippen LogP contribution in [0.3, 0.4) is 0 Å². The standard InChI is InChI=1S/C8H9NO/c9-4-3-6-1-2-7-8(5-6)10-7/h1-2,5H,3-4,9H2. The fourth-order valence-corrected chi connectivity index (χ4v) is 1.03. The highest BCUT2D eigenvalue weighted by Gasteiger charge is 2.18. The van der Waals surface area contributed by atoms with Gasteiger partial charge in [-0.15, -0.1) is 0 Å². The average molecular weight is 135 g/mol. The van der Waals surface area contributed by atoms with Gasteiger partial charge in [0.1, 0.15) is 0 Å². The lowest BCUT2D eigenvalue weighted by atomic mass is 10.2. The highest BCUT2D eigenvalue weighted by Crippen LogP contribution is 2.45. The van der Waals surface area contributed by atoms with Gasteiger partial charge in [-0.2, -0.15) is 0 Å². The Morgan fingerprint density at radius 3 is 2.90 bits per heavy atom. The molecule has 0 spiro atoms. The van der Waals surface area contributed by atoms with Crippen LogP contribution in [-0.2, 0) is 6.42 Å². The van der Waals surface area contributed by atoms with Crippen molar-refractivity contribution in [2.45, 2.75) is 6.42 Å². The molecule has 0 aliphatic carbocycles. The molecule has 1 aromatic carbocycles. The summed E-state index contributed by atoms with van der Waals surface area (Å²) < 4.78 is 5.08. The van der Waals surface area contributed by atoms with Crippen molar-refractivity contribution in [1.82, 2.24) is 0 Å². The molecule has 0 fully saturated rings. The second-order valence-corrected chi connectivity index (χ2v) is 2.42. The van der Waals surface area contributed by atoms with Crippen LogP contribution in [0.25, 0.3) is 0 Å². The molecule has 0 atom stereocenters. The van der Waals surface area contributed by atoms with E-state index < -0.39 is 0 Å². The summed E-state index contributed by atoms with van der Waals surface area (Å²) in [7, 11) is 0. The van der Waals surface area contributed by atoms with Crippen molar-refractivity contribution in [3.63, 3.8) is 0 Å². The lowest BCUT2D eigenvalue weighted by Crippen LogP contribution is -2.01. The molecule has 10 heavy (non-hydrogen) atoms. The van der Waals surface area contributed by atoms with E-state index in [-0.39, 0.29) is 0 Å². The van der Waals surface area contributed by atoms with Crippen LogP contribution < -0.4 is 10.5 Å². The molecule has 0 bridgehead atoms. The molecule has 2 nitrogen and oxygen atoms in total. The zero-order valence-electron chi connectivity index (χ0n) is 5.63. The Hall–Kier alpha value is -1.02. The van der Waals surface area contributed by atoms with Crippen molar-refractivity contribution >= 4 is 0 Å². The van der Waals surface area contributed by atoms with E-state index in [1.165, 1.54) is 5.56 Å². The van der Waals surface area contributed by atoms with Crippen LogP contribution in [0, 0.1) is 0 Å². The molecular weight excluding hydrogens is 126 g/mol. The van der Waals surface area contributed by atoms with E-state index in [1.807, 2.05) is 12.1 Å². The van der Waals surface area contributed by atoms with Crippen LogP contribution in [0.4, 0.5) is 0 Å². The highest BCUT2D eigenvalue weighted by molar-refractivity contribution is 5.55. The number of hydrogen-bond donors (Lipinski definition) is 1. The van der Waals surface area contributed by atoms with Gasteiger partial charge < -0.3 is 10.5 Å². The van der Waals surface area contributed by atoms with E-state index in [4.69, 9.17) is 10.5 Å². The molecular formula is C8H9NO. The van der Waals surface area contributed by atoms with Gasteiger partial charge >= 0.3 is 0 Å². The first-order chi connectivity index (χ1) is 4.90. The maximum atomic E-state index is 5.39.